The molecule has 0 N–H and O–H groups in total. The number of amides is 1. The van der Waals surface area contributed by atoms with Crippen molar-refractivity contribution in [2.45, 2.75) is 32.4 Å². The summed E-state index contributed by atoms with van der Waals surface area (Å²) in [5.74, 6) is 1.29. The first-order chi connectivity index (χ1) is 14.0. The van der Waals surface area contributed by atoms with Crippen LogP contribution in [0.1, 0.15) is 28.9 Å². The van der Waals surface area contributed by atoms with Gasteiger partial charge in [-0.1, -0.05) is 18.2 Å². The van der Waals surface area contributed by atoms with Gasteiger partial charge in [-0.3, -0.25) is 4.79 Å². The van der Waals surface area contributed by atoms with Gasteiger partial charge in [-0.05, 0) is 43.3 Å². The van der Waals surface area contributed by atoms with Crippen molar-refractivity contribution in [1.29, 1.82) is 0 Å². The van der Waals surface area contributed by atoms with Gasteiger partial charge in [-0.25, -0.2) is 0 Å². The normalized spacial score (nSPS) is 13.7. The molecule has 0 spiro atoms. The zero-order chi connectivity index (χ0) is 20.4. The van der Waals surface area contributed by atoms with Crippen LogP contribution in [-0.2, 0) is 30.7 Å². The molecule has 4 rings (SSSR count). The lowest BCUT2D eigenvalue weighted by molar-refractivity contribution is -0.132. The van der Waals surface area contributed by atoms with Gasteiger partial charge < -0.3 is 14.5 Å². The summed E-state index contributed by atoms with van der Waals surface area (Å²) >= 11 is 0. The minimum Gasteiger partial charge on any atom is -0.480 e. The molecule has 0 bridgehead atoms. The number of hydrogen-bond acceptors (Lipinski definition) is 6. The number of nitrogens with zero attached hydrogens (tertiary/aromatic N) is 6. The lowest BCUT2D eigenvalue weighted by Gasteiger charge is -2.29. The number of ether oxygens (including phenoxy) is 1. The Balaban J connectivity index is 1.40. The zero-order valence-electron chi connectivity index (χ0n) is 17.1. The van der Waals surface area contributed by atoms with Crippen LogP contribution < -0.4 is 4.74 Å². The molecule has 2 aromatic heterocycles. The number of carbonyl (C=O) groups is 1. The Kier molecular flexibility index (Phi) is 5.44. The lowest BCUT2D eigenvalue weighted by atomic mass is 9.97. The van der Waals surface area contributed by atoms with Crippen LogP contribution in [0.3, 0.4) is 0 Å². The molecule has 8 nitrogen and oxygen atoms in total. The van der Waals surface area contributed by atoms with Crippen molar-refractivity contribution in [2.24, 2.45) is 0 Å². The number of rotatable bonds is 6. The maximum absolute atomic E-state index is 12.8. The summed E-state index contributed by atoms with van der Waals surface area (Å²) in [5, 5.41) is 12.6. The van der Waals surface area contributed by atoms with Gasteiger partial charge in [-0.2, -0.15) is 4.52 Å². The largest absolute Gasteiger partial charge is 0.480 e. The lowest BCUT2D eigenvalue weighted by Crippen LogP contribution is -2.36. The molecule has 0 atom stereocenters. The number of hydrogen-bond donors (Lipinski definition) is 0. The first-order valence-corrected chi connectivity index (χ1v) is 9.82. The van der Waals surface area contributed by atoms with Gasteiger partial charge in [0.15, 0.2) is 11.5 Å². The summed E-state index contributed by atoms with van der Waals surface area (Å²) in [6.07, 6.45) is 1.77. The van der Waals surface area contributed by atoms with Crippen LogP contribution >= 0.6 is 0 Å². The number of aromatic nitrogens is 4. The number of aryl methyl sites for hydroxylation is 1. The van der Waals surface area contributed by atoms with Crippen LogP contribution in [0.15, 0.2) is 30.3 Å². The van der Waals surface area contributed by atoms with E-state index in [-0.39, 0.29) is 5.91 Å². The highest BCUT2D eigenvalue weighted by atomic mass is 16.5. The molecule has 1 aromatic carbocycles. The average Bonchev–Trinajstić information content (AvgIpc) is 3.13. The summed E-state index contributed by atoms with van der Waals surface area (Å²) in [4.78, 5) is 16.9. The number of benzene rings is 1. The smallest absolute Gasteiger partial charge is 0.231 e. The molecule has 8 heteroatoms. The third kappa shape index (κ3) is 4.22. The fourth-order valence-electron chi connectivity index (χ4n) is 3.74. The maximum Gasteiger partial charge on any atom is 0.231 e. The van der Waals surface area contributed by atoms with Gasteiger partial charge in [0, 0.05) is 38.5 Å². The Bertz CT molecular complexity index is 1030. The Morgan fingerprint density at radius 1 is 1.17 bits per heavy atom. The maximum atomic E-state index is 12.8. The molecule has 3 heterocycles. The van der Waals surface area contributed by atoms with E-state index in [0.717, 1.165) is 19.5 Å². The number of fused-ring (bicyclic) bond motifs is 2. The van der Waals surface area contributed by atoms with E-state index < -0.39 is 0 Å². The van der Waals surface area contributed by atoms with E-state index in [0.29, 0.717) is 36.7 Å². The van der Waals surface area contributed by atoms with Gasteiger partial charge in [0.2, 0.25) is 11.8 Å². The monoisotopic (exact) mass is 394 g/mol. The van der Waals surface area contributed by atoms with E-state index in [1.807, 2.05) is 4.90 Å². The second-order valence-electron chi connectivity index (χ2n) is 7.67. The standard InChI is InChI=1S/C21H26N6O2/c1-25(2)13-15-4-5-17-14-26(11-10-16(17)12-15)21(28)9-7-19-23-22-18-6-8-20(29-3)24-27(18)19/h4-6,8,12H,7,9-11,13-14H2,1-3H3. The van der Waals surface area contributed by atoms with Crippen molar-refractivity contribution in [2.75, 3.05) is 27.7 Å². The molecule has 0 saturated carbocycles. The van der Waals surface area contributed by atoms with Gasteiger partial charge >= 0.3 is 0 Å². The first-order valence-electron chi connectivity index (χ1n) is 9.82. The van der Waals surface area contributed by atoms with Crippen LogP contribution in [-0.4, -0.2) is 63.3 Å². The molecule has 1 amide bonds. The van der Waals surface area contributed by atoms with Crippen LogP contribution in [0.5, 0.6) is 5.88 Å². The molecule has 0 fully saturated rings. The summed E-state index contributed by atoms with van der Waals surface area (Å²) in [7, 11) is 5.72. The molecular weight excluding hydrogens is 368 g/mol. The van der Waals surface area contributed by atoms with Crippen LogP contribution in [0.25, 0.3) is 5.65 Å². The minimum absolute atomic E-state index is 0.132. The van der Waals surface area contributed by atoms with Crippen molar-refractivity contribution >= 4 is 11.6 Å². The highest BCUT2D eigenvalue weighted by Gasteiger charge is 2.21. The summed E-state index contributed by atoms with van der Waals surface area (Å²) < 4.78 is 6.81. The zero-order valence-corrected chi connectivity index (χ0v) is 17.1. The Morgan fingerprint density at radius 3 is 2.83 bits per heavy atom. The fourth-order valence-corrected chi connectivity index (χ4v) is 3.74. The predicted octanol–water partition coefficient (Wildman–Crippen LogP) is 1.71. The van der Waals surface area contributed by atoms with E-state index in [4.69, 9.17) is 4.74 Å². The number of methoxy groups -OCH3 is 1. The van der Waals surface area contributed by atoms with Gasteiger partial charge in [0.25, 0.3) is 0 Å². The van der Waals surface area contributed by atoms with E-state index in [1.165, 1.54) is 16.7 Å². The van der Waals surface area contributed by atoms with E-state index >= 15 is 0 Å². The third-order valence-corrected chi connectivity index (χ3v) is 5.21. The summed E-state index contributed by atoms with van der Waals surface area (Å²) in [6, 6.07) is 10.1. The Labute approximate surface area is 170 Å². The van der Waals surface area contributed by atoms with Crippen molar-refractivity contribution in [1.82, 2.24) is 29.6 Å². The van der Waals surface area contributed by atoms with Gasteiger partial charge in [0.1, 0.15) is 0 Å². The van der Waals surface area contributed by atoms with E-state index in [1.54, 1.807) is 23.8 Å². The van der Waals surface area contributed by atoms with E-state index in [9.17, 15) is 4.79 Å². The van der Waals surface area contributed by atoms with Crippen LogP contribution in [0, 0.1) is 0 Å². The fraction of sp³-hybridized carbons (Fsp3) is 0.429. The molecule has 152 valence electrons. The van der Waals surface area contributed by atoms with Gasteiger partial charge in [0.05, 0.1) is 7.11 Å². The molecular formula is C21H26N6O2. The third-order valence-electron chi connectivity index (χ3n) is 5.21. The molecule has 0 aliphatic carbocycles. The number of carbonyl (C=O) groups excluding carboxylic acids is 1. The summed E-state index contributed by atoms with van der Waals surface area (Å²) in [5.41, 5.74) is 4.56. The molecule has 3 aromatic rings. The molecule has 1 aliphatic heterocycles. The second-order valence-corrected chi connectivity index (χ2v) is 7.67. The molecule has 1 aliphatic rings. The Hall–Kier alpha value is -3.00. The van der Waals surface area contributed by atoms with Crippen molar-refractivity contribution in [3.05, 3.63) is 52.8 Å². The van der Waals surface area contributed by atoms with Crippen molar-refractivity contribution in [3.63, 3.8) is 0 Å². The predicted molar refractivity (Wildman–Crippen MR) is 109 cm³/mol. The van der Waals surface area contributed by atoms with E-state index in [2.05, 4.69) is 52.5 Å². The summed E-state index contributed by atoms with van der Waals surface area (Å²) in [6.45, 7) is 2.36. The molecule has 29 heavy (non-hydrogen) atoms. The van der Waals surface area contributed by atoms with Gasteiger partial charge in [-0.15, -0.1) is 15.3 Å². The van der Waals surface area contributed by atoms with Crippen LogP contribution in [0.2, 0.25) is 0 Å². The first kappa shape index (κ1) is 19.3. The van der Waals surface area contributed by atoms with Crippen molar-refractivity contribution in [3.8, 4) is 5.88 Å². The quantitative estimate of drug-likeness (QED) is 0.634. The molecule has 0 saturated heterocycles. The van der Waals surface area contributed by atoms with Crippen molar-refractivity contribution < 1.29 is 9.53 Å². The minimum atomic E-state index is 0.132. The topological polar surface area (TPSA) is 75.9 Å². The SMILES string of the molecule is COc1ccc2nnc(CCC(=O)N3CCc4cc(CN(C)C)ccc4C3)n2n1. The highest BCUT2D eigenvalue weighted by Crippen LogP contribution is 2.22. The highest BCUT2D eigenvalue weighted by molar-refractivity contribution is 5.76. The second kappa shape index (κ2) is 8.16. The van der Waals surface area contributed by atoms with Crippen LogP contribution in [0.4, 0.5) is 0 Å². The average molecular weight is 394 g/mol. The molecule has 0 unspecified atom stereocenters. The Morgan fingerprint density at radius 2 is 2.03 bits per heavy atom. The molecule has 0 radical (unpaired) electrons.